The second kappa shape index (κ2) is 6.19. The summed E-state index contributed by atoms with van der Waals surface area (Å²) in [7, 11) is 0. The van der Waals surface area contributed by atoms with E-state index in [0.717, 1.165) is 25.9 Å². The first-order valence-corrected chi connectivity index (χ1v) is 6.38. The summed E-state index contributed by atoms with van der Waals surface area (Å²) < 4.78 is 0. The summed E-state index contributed by atoms with van der Waals surface area (Å²) in [4.78, 5) is 25.3. The fourth-order valence-electron chi connectivity index (χ4n) is 2.10. The first-order valence-electron chi connectivity index (χ1n) is 6.38. The lowest BCUT2D eigenvalue weighted by Crippen LogP contribution is -2.32. The monoisotopic (exact) mass is 246 g/mol. The van der Waals surface area contributed by atoms with Crippen LogP contribution in [0, 0.1) is 0 Å². The maximum absolute atomic E-state index is 11.7. The van der Waals surface area contributed by atoms with Crippen LogP contribution in [0.15, 0.2) is 30.3 Å². The minimum absolute atomic E-state index is 0.121. The molecule has 2 amide bonds. The predicted octanol–water partition coefficient (Wildman–Crippen LogP) is 1.43. The van der Waals surface area contributed by atoms with Crippen LogP contribution in [0.4, 0.5) is 0 Å². The molecule has 1 aliphatic heterocycles. The molecule has 0 bridgehead atoms. The van der Waals surface area contributed by atoms with Gasteiger partial charge in [-0.1, -0.05) is 18.2 Å². The Morgan fingerprint density at radius 2 is 1.78 bits per heavy atom. The maximum Gasteiger partial charge on any atom is 0.251 e. The van der Waals surface area contributed by atoms with Gasteiger partial charge in [-0.3, -0.25) is 9.59 Å². The van der Waals surface area contributed by atoms with Crippen LogP contribution in [-0.2, 0) is 4.79 Å². The number of nitrogens with zero attached hydrogens (tertiary/aromatic N) is 1. The number of nitrogens with one attached hydrogen (secondary N) is 1. The Labute approximate surface area is 107 Å². The number of hydrogen-bond acceptors (Lipinski definition) is 2. The molecule has 1 N–H and O–H groups in total. The van der Waals surface area contributed by atoms with Crippen LogP contribution in [0.5, 0.6) is 0 Å². The first kappa shape index (κ1) is 12.6. The van der Waals surface area contributed by atoms with E-state index in [0.29, 0.717) is 18.5 Å². The summed E-state index contributed by atoms with van der Waals surface area (Å²) in [5.41, 5.74) is 0.631. The summed E-state index contributed by atoms with van der Waals surface area (Å²) in [5.74, 6) is 0.0192. The average Bonchev–Trinajstić information content (AvgIpc) is 2.93. The molecule has 1 saturated heterocycles. The fourth-order valence-corrected chi connectivity index (χ4v) is 2.10. The van der Waals surface area contributed by atoms with E-state index in [1.165, 1.54) is 0 Å². The molecule has 2 rings (SSSR count). The van der Waals surface area contributed by atoms with Gasteiger partial charge in [0.15, 0.2) is 0 Å². The molecule has 0 saturated carbocycles. The van der Waals surface area contributed by atoms with Gasteiger partial charge in [0.25, 0.3) is 5.91 Å². The quantitative estimate of drug-likeness (QED) is 0.873. The number of hydrogen-bond donors (Lipinski definition) is 1. The van der Waals surface area contributed by atoms with Gasteiger partial charge in [0.1, 0.15) is 0 Å². The molecular weight excluding hydrogens is 228 g/mol. The number of likely N-dealkylation sites (tertiary alicyclic amines) is 1. The summed E-state index contributed by atoms with van der Waals surface area (Å²) in [6.45, 7) is 2.14. The molecule has 18 heavy (non-hydrogen) atoms. The third-order valence-corrected chi connectivity index (χ3v) is 3.12. The second-order valence-electron chi connectivity index (χ2n) is 4.46. The van der Waals surface area contributed by atoms with E-state index >= 15 is 0 Å². The highest BCUT2D eigenvalue weighted by molar-refractivity contribution is 5.94. The summed E-state index contributed by atoms with van der Waals surface area (Å²) in [6.07, 6.45) is 2.59. The van der Waals surface area contributed by atoms with Crippen molar-refractivity contribution >= 4 is 11.8 Å². The van der Waals surface area contributed by atoms with Gasteiger partial charge >= 0.3 is 0 Å². The lowest BCUT2D eigenvalue weighted by atomic mass is 10.2. The third-order valence-electron chi connectivity index (χ3n) is 3.12. The van der Waals surface area contributed by atoms with Crippen molar-refractivity contribution in [1.82, 2.24) is 10.2 Å². The van der Waals surface area contributed by atoms with Crippen LogP contribution in [0.1, 0.15) is 29.6 Å². The molecule has 4 heteroatoms. The van der Waals surface area contributed by atoms with Crippen LogP contribution in [0.2, 0.25) is 0 Å². The van der Waals surface area contributed by atoms with Gasteiger partial charge in [0.05, 0.1) is 0 Å². The van der Waals surface area contributed by atoms with E-state index < -0.39 is 0 Å². The summed E-state index contributed by atoms with van der Waals surface area (Å²) in [6, 6.07) is 9.04. The Balaban J connectivity index is 1.72. The SMILES string of the molecule is O=C(NCCC(=O)N1CCCC1)c1ccccc1. The van der Waals surface area contributed by atoms with Crippen molar-refractivity contribution in [3.8, 4) is 0 Å². The van der Waals surface area contributed by atoms with Gasteiger partial charge < -0.3 is 10.2 Å². The van der Waals surface area contributed by atoms with Crippen LogP contribution in [-0.4, -0.2) is 36.3 Å². The zero-order valence-corrected chi connectivity index (χ0v) is 10.4. The van der Waals surface area contributed by atoms with Gasteiger partial charge in [0.2, 0.25) is 5.91 Å². The highest BCUT2D eigenvalue weighted by Gasteiger charge is 2.17. The fraction of sp³-hybridized carbons (Fsp3) is 0.429. The van der Waals surface area contributed by atoms with Gasteiger partial charge in [-0.15, -0.1) is 0 Å². The summed E-state index contributed by atoms with van der Waals surface area (Å²) >= 11 is 0. The minimum Gasteiger partial charge on any atom is -0.352 e. The minimum atomic E-state index is -0.121. The largest absolute Gasteiger partial charge is 0.352 e. The van der Waals surface area contributed by atoms with Gasteiger partial charge in [-0.05, 0) is 25.0 Å². The van der Waals surface area contributed by atoms with Crippen LogP contribution >= 0.6 is 0 Å². The van der Waals surface area contributed by atoms with E-state index in [4.69, 9.17) is 0 Å². The second-order valence-corrected chi connectivity index (χ2v) is 4.46. The van der Waals surface area contributed by atoms with Crippen molar-refractivity contribution in [2.75, 3.05) is 19.6 Å². The highest BCUT2D eigenvalue weighted by Crippen LogP contribution is 2.08. The topological polar surface area (TPSA) is 49.4 Å². The lowest BCUT2D eigenvalue weighted by Gasteiger charge is -2.15. The average molecular weight is 246 g/mol. The Hall–Kier alpha value is -1.84. The molecule has 96 valence electrons. The molecule has 0 spiro atoms. The Kier molecular flexibility index (Phi) is 4.34. The number of rotatable bonds is 4. The van der Waals surface area contributed by atoms with Crippen LogP contribution in [0.3, 0.4) is 0 Å². The van der Waals surface area contributed by atoms with Gasteiger partial charge in [0, 0.05) is 31.6 Å². The van der Waals surface area contributed by atoms with Crippen LogP contribution < -0.4 is 5.32 Å². The van der Waals surface area contributed by atoms with Crippen LogP contribution in [0.25, 0.3) is 0 Å². The zero-order chi connectivity index (χ0) is 12.8. The van der Waals surface area contributed by atoms with Gasteiger partial charge in [-0.2, -0.15) is 0 Å². The van der Waals surface area contributed by atoms with Crippen molar-refractivity contribution in [3.05, 3.63) is 35.9 Å². The smallest absolute Gasteiger partial charge is 0.251 e. The third kappa shape index (κ3) is 3.32. The van der Waals surface area contributed by atoms with E-state index in [2.05, 4.69) is 5.32 Å². The molecule has 0 atom stereocenters. The van der Waals surface area contributed by atoms with Crippen molar-refractivity contribution in [3.63, 3.8) is 0 Å². The molecular formula is C14H18N2O2. The van der Waals surface area contributed by atoms with E-state index in [1.807, 2.05) is 23.1 Å². The van der Waals surface area contributed by atoms with Gasteiger partial charge in [-0.25, -0.2) is 0 Å². The Morgan fingerprint density at radius 3 is 2.44 bits per heavy atom. The Morgan fingerprint density at radius 1 is 1.11 bits per heavy atom. The predicted molar refractivity (Wildman–Crippen MR) is 69.2 cm³/mol. The maximum atomic E-state index is 11.7. The van der Waals surface area contributed by atoms with E-state index in [9.17, 15) is 9.59 Å². The van der Waals surface area contributed by atoms with Crippen molar-refractivity contribution in [1.29, 1.82) is 0 Å². The molecule has 1 heterocycles. The highest BCUT2D eigenvalue weighted by atomic mass is 16.2. The van der Waals surface area contributed by atoms with E-state index in [-0.39, 0.29) is 11.8 Å². The number of carbonyl (C=O) groups excluding carboxylic acids is 2. The molecule has 1 aromatic rings. The van der Waals surface area contributed by atoms with Crippen molar-refractivity contribution in [2.24, 2.45) is 0 Å². The zero-order valence-electron chi connectivity index (χ0n) is 10.4. The summed E-state index contributed by atoms with van der Waals surface area (Å²) in [5, 5.41) is 2.77. The number of benzene rings is 1. The molecule has 1 aliphatic rings. The molecule has 0 radical (unpaired) electrons. The van der Waals surface area contributed by atoms with E-state index in [1.54, 1.807) is 12.1 Å². The lowest BCUT2D eigenvalue weighted by molar-refractivity contribution is -0.129. The molecule has 0 aromatic heterocycles. The molecule has 4 nitrogen and oxygen atoms in total. The van der Waals surface area contributed by atoms with Crippen molar-refractivity contribution in [2.45, 2.75) is 19.3 Å². The molecule has 0 aliphatic carbocycles. The molecule has 0 unspecified atom stereocenters. The number of amides is 2. The Bertz CT molecular complexity index is 411. The number of carbonyl (C=O) groups is 2. The molecule has 1 aromatic carbocycles. The standard InChI is InChI=1S/C14H18N2O2/c17-13(16-10-4-5-11-16)8-9-15-14(18)12-6-2-1-3-7-12/h1-3,6-7H,4-5,8-11H2,(H,15,18). The normalized spacial score (nSPS) is 14.6. The first-order chi connectivity index (χ1) is 8.77. The molecule has 1 fully saturated rings. The van der Waals surface area contributed by atoms with Crippen molar-refractivity contribution < 1.29 is 9.59 Å².